The van der Waals surface area contributed by atoms with E-state index in [1.54, 1.807) is 0 Å². The Morgan fingerprint density at radius 2 is 1.80 bits per heavy atom. The summed E-state index contributed by atoms with van der Waals surface area (Å²) in [5.74, 6) is 1.01. The summed E-state index contributed by atoms with van der Waals surface area (Å²) < 4.78 is 5.93. The van der Waals surface area contributed by atoms with Crippen LogP contribution in [0.15, 0.2) is 24.3 Å². The normalized spacial score (nSPS) is 17.1. The van der Waals surface area contributed by atoms with Crippen LogP contribution in [-0.2, 0) is 4.79 Å². The largest absolute Gasteiger partial charge is 0.480 e. The van der Waals surface area contributed by atoms with Crippen molar-refractivity contribution in [3.8, 4) is 5.75 Å². The van der Waals surface area contributed by atoms with Gasteiger partial charge in [-0.2, -0.15) is 0 Å². The Kier molecular flexibility index (Phi) is 5.01. The number of benzene rings is 1. The van der Waals surface area contributed by atoms with Gasteiger partial charge < -0.3 is 15.0 Å². The Labute approximate surface area is 121 Å². The average Bonchev–Trinajstić information content (AvgIpc) is 2.46. The minimum Gasteiger partial charge on any atom is -0.480 e. The van der Waals surface area contributed by atoms with E-state index < -0.39 is 6.10 Å². The molecule has 1 atom stereocenters. The number of aryl methyl sites for hydroxylation is 1. The molecule has 0 saturated carbocycles. The summed E-state index contributed by atoms with van der Waals surface area (Å²) in [6.07, 6.45) is -0.407. The topological polar surface area (TPSA) is 41.6 Å². The molecule has 1 amide bonds. The third-order valence-electron chi connectivity index (χ3n) is 3.56. The maximum absolute atomic E-state index is 12.6. The molecule has 110 valence electrons. The Hall–Kier alpha value is -1.55. The van der Waals surface area contributed by atoms with Gasteiger partial charge in [-0.3, -0.25) is 4.79 Å². The van der Waals surface area contributed by atoms with Crippen LogP contribution in [-0.4, -0.2) is 43.1 Å². The van der Waals surface area contributed by atoms with E-state index in [1.807, 2.05) is 49.9 Å². The fourth-order valence-electron chi connectivity index (χ4n) is 2.30. The molecule has 1 aliphatic heterocycles. The van der Waals surface area contributed by atoms with Crippen LogP contribution in [0, 0.1) is 12.8 Å². The van der Waals surface area contributed by atoms with Gasteiger partial charge in [0.2, 0.25) is 0 Å². The Balaban J connectivity index is 2.06. The molecule has 1 unspecified atom stereocenters. The second-order valence-electron chi connectivity index (χ2n) is 5.67. The molecule has 1 heterocycles. The van der Waals surface area contributed by atoms with Crippen LogP contribution in [0.1, 0.15) is 19.4 Å². The molecule has 1 saturated heterocycles. The summed E-state index contributed by atoms with van der Waals surface area (Å²) in [5, 5.41) is 3.26. The smallest absolute Gasteiger partial charge is 0.263 e. The fraction of sp³-hybridized carbons (Fsp3) is 0.562. The van der Waals surface area contributed by atoms with Gasteiger partial charge >= 0.3 is 0 Å². The van der Waals surface area contributed by atoms with Crippen LogP contribution in [0.2, 0.25) is 0 Å². The number of hydrogen-bond acceptors (Lipinski definition) is 3. The molecule has 0 spiro atoms. The zero-order valence-electron chi connectivity index (χ0n) is 12.6. The van der Waals surface area contributed by atoms with Gasteiger partial charge in [0, 0.05) is 26.2 Å². The van der Waals surface area contributed by atoms with Gasteiger partial charge in [0.15, 0.2) is 6.10 Å². The lowest BCUT2D eigenvalue weighted by atomic mass is 10.1. The van der Waals surface area contributed by atoms with E-state index in [-0.39, 0.29) is 11.8 Å². The van der Waals surface area contributed by atoms with Crippen LogP contribution in [0.3, 0.4) is 0 Å². The van der Waals surface area contributed by atoms with E-state index in [9.17, 15) is 4.79 Å². The highest BCUT2D eigenvalue weighted by molar-refractivity contribution is 5.81. The molecule has 2 rings (SSSR count). The van der Waals surface area contributed by atoms with E-state index in [4.69, 9.17) is 4.74 Å². The number of amides is 1. The minimum atomic E-state index is -0.407. The minimum absolute atomic E-state index is 0.0991. The van der Waals surface area contributed by atoms with Gasteiger partial charge in [-0.05, 0) is 25.0 Å². The summed E-state index contributed by atoms with van der Waals surface area (Å²) in [6.45, 7) is 9.34. The summed E-state index contributed by atoms with van der Waals surface area (Å²) in [4.78, 5) is 14.5. The molecule has 20 heavy (non-hydrogen) atoms. The lowest BCUT2D eigenvalue weighted by Crippen LogP contribution is -2.52. The zero-order chi connectivity index (χ0) is 14.5. The van der Waals surface area contributed by atoms with Gasteiger partial charge in [0.05, 0.1) is 0 Å². The molecule has 1 fully saturated rings. The molecule has 0 bridgehead atoms. The van der Waals surface area contributed by atoms with Gasteiger partial charge in [-0.15, -0.1) is 0 Å². The highest BCUT2D eigenvalue weighted by atomic mass is 16.5. The summed E-state index contributed by atoms with van der Waals surface area (Å²) in [6, 6.07) is 7.86. The molecule has 1 aromatic rings. The SMILES string of the molecule is Cc1ccc(OC(C(=O)N2CCNCC2)C(C)C)cc1. The van der Waals surface area contributed by atoms with E-state index in [0.29, 0.717) is 0 Å². The van der Waals surface area contributed by atoms with Crippen LogP contribution < -0.4 is 10.1 Å². The molecular formula is C16H24N2O2. The van der Waals surface area contributed by atoms with E-state index in [0.717, 1.165) is 31.9 Å². The number of nitrogens with zero attached hydrogens (tertiary/aromatic N) is 1. The fourth-order valence-corrected chi connectivity index (χ4v) is 2.30. The number of rotatable bonds is 4. The first-order valence-corrected chi connectivity index (χ1v) is 7.31. The first-order valence-electron chi connectivity index (χ1n) is 7.31. The second-order valence-corrected chi connectivity index (χ2v) is 5.67. The summed E-state index contributed by atoms with van der Waals surface area (Å²) >= 11 is 0. The van der Waals surface area contributed by atoms with Crippen molar-refractivity contribution in [2.24, 2.45) is 5.92 Å². The number of hydrogen-bond donors (Lipinski definition) is 1. The molecule has 4 heteroatoms. The quantitative estimate of drug-likeness (QED) is 0.912. The standard InChI is InChI=1S/C16H24N2O2/c1-12(2)15(16(19)18-10-8-17-9-11-18)20-14-6-4-13(3)5-7-14/h4-7,12,15,17H,8-11H2,1-3H3. The van der Waals surface area contributed by atoms with Gasteiger partial charge in [-0.1, -0.05) is 31.5 Å². The van der Waals surface area contributed by atoms with Crippen molar-refractivity contribution in [2.45, 2.75) is 26.9 Å². The number of ether oxygens (including phenoxy) is 1. The summed E-state index contributed by atoms with van der Waals surface area (Å²) in [7, 11) is 0. The Morgan fingerprint density at radius 3 is 2.35 bits per heavy atom. The van der Waals surface area contributed by atoms with Crippen LogP contribution in [0.25, 0.3) is 0 Å². The third-order valence-corrected chi connectivity index (χ3v) is 3.56. The number of nitrogens with one attached hydrogen (secondary N) is 1. The van der Waals surface area contributed by atoms with Gasteiger partial charge in [0.1, 0.15) is 5.75 Å². The first kappa shape index (κ1) is 14.9. The molecule has 0 aliphatic carbocycles. The van der Waals surface area contributed by atoms with Crippen LogP contribution in [0.4, 0.5) is 0 Å². The van der Waals surface area contributed by atoms with Crippen molar-refractivity contribution in [1.82, 2.24) is 10.2 Å². The Morgan fingerprint density at radius 1 is 1.20 bits per heavy atom. The number of carbonyl (C=O) groups excluding carboxylic acids is 1. The van der Waals surface area contributed by atoms with Crippen molar-refractivity contribution in [2.75, 3.05) is 26.2 Å². The summed E-state index contributed by atoms with van der Waals surface area (Å²) in [5.41, 5.74) is 1.19. The predicted molar refractivity (Wildman–Crippen MR) is 79.9 cm³/mol. The molecular weight excluding hydrogens is 252 g/mol. The highest BCUT2D eigenvalue weighted by Crippen LogP contribution is 2.18. The monoisotopic (exact) mass is 276 g/mol. The second kappa shape index (κ2) is 6.75. The van der Waals surface area contributed by atoms with E-state index >= 15 is 0 Å². The van der Waals surface area contributed by atoms with Gasteiger partial charge in [-0.25, -0.2) is 0 Å². The maximum atomic E-state index is 12.6. The van der Waals surface area contributed by atoms with Crippen molar-refractivity contribution < 1.29 is 9.53 Å². The lowest BCUT2D eigenvalue weighted by molar-refractivity contribution is -0.141. The van der Waals surface area contributed by atoms with E-state index in [1.165, 1.54) is 5.56 Å². The van der Waals surface area contributed by atoms with Crippen molar-refractivity contribution in [1.29, 1.82) is 0 Å². The van der Waals surface area contributed by atoms with Crippen LogP contribution in [0.5, 0.6) is 5.75 Å². The molecule has 1 N–H and O–H groups in total. The third kappa shape index (κ3) is 3.73. The first-order chi connectivity index (χ1) is 9.58. The Bertz CT molecular complexity index is 436. The molecule has 1 aliphatic rings. The molecule has 1 aromatic carbocycles. The van der Waals surface area contributed by atoms with Crippen molar-refractivity contribution in [3.05, 3.63) is 29.8 Å². The number of piperazine rings is 1. The van der Waals surface area contributed by atoms with Crippen molar-refractivity contribution in [3.63, 3.8) is 0 Å². The van der Waals surface area contributed by atoms with Gasteiger partial charge in [0.25, 0.3) is 5.91 Å². The lowest BCUT2D eigenvalue weighted by Gasteiger charge is -2.32. The molecule has 0 aromatic heterocycles. The van der Waals surface area contributed by atoms with Crippen molar-refractivity contribution >= 4 is 5.91 Å². The highest BCUT2D eigenvalue weighted by Gasteiger charge is 2.29. The zero-order valence-corrected chi connectivity index (χ0v) is 12.6. The average molecular weight is 276 g/mol. The van der Waals surface area contributed by atoms with Crippen LogP contribution >= 0.6 is 0 Å². The maximum Gasteiger partial charge on any atom is 0.263 e. The molecule has 4 nitrogen and oxygen atoms in total. The predicted octanol–water partition coefficient (Wildman–Crippen LogP) is 1.83. The van der Waals surface area contributed by atoms with E-state index in [2.05, 4.69) is 5.32 Å². The number of carbonyl (C=O) groups is 1. The molecule has 0 radical (unpaired) electrons.